The summed E-state index contributed by atoms with van der Waals surface area (Å²) < 4.78 is 0. The molecule has 0 atom stereocenters. The summed E-state index contributed by atoms with van der Waals surface area (Å²) in [6.45, 7) is 1.74. The van der Waals surface area contributed by atoms with Gasteiger partial charge in [-0.3, -0.25) is 10.1 Å². The van der Waals surface area contributed by atoms with E-state index in [1.54, 1.807) is 19.1 Å². The van der Waals surface area contributed by atoms with Crippen LogP contribution < -0.4 is 5.73 Å². The summed E-state index contributed by atoms with van der Waals surface area (Å²) in [5.41, 5.74) is 6.40. The van der Waals surface area contributed by atoms with Crippen LogP contribution in [0.5, 0.6) is 0 Å². The van der Waals surface area contributed by atoms with Crippen molar-refractivity contribution < 1.29 is 14.5 Å². The number of nitrogens with zero attached hydrogens (tertiary/aromatic N) is 1. The Bertz CT molecular complexity index is 370. The second-order valence-electron chi connectivity index (χ2n) is 2.35. The zero-order valence-corrected chi connectivity index (χ0v) is 7.39. The van der Waals surface area contributed by atoms with E-state index in [1.807, 2.05) is 0 Å². The van der Waals surface area contributed by atoms with E-state index in [4.69, 9.17) is 15.3 Å². The van der Waals surface area contributed by atoms with Gasteiger partial charge in [0.05, 0.1) is 4.92 Å². The molecule has 0 fully saturated rings. The number of anilines is 1. The zero-order chi connectivity index (χ0) is 11.1. The summed E-state index contributed by atoms with van der Waals surface area (Å²) in [5.74, 6) is 0. The van der Waals surface area contributed by atoms with Gasteiger partial charge in [-0.25, -0.2) is 0 Å². The second-order valence-corrected chi connectivity index (χ2v) is 2.35. The number of rotatable bonds is 1. The number of aryl methyl sites for hydroxylation is 1. The number of nitrogens with two attached hydrogens (primary N) is 1. The monoisotopic (exact) mass is 196 g/mol. The smallest absolute Gasteiger partial charge is 0.373 e. The first-order valence-electron chi connectivity index (χ1n) is 3.53. The number of nitrogen functional groups attached to an aromatic ring is 1. The van der Waals surface area contributed by atoms with Crippen LogP contribution in [0.1, 0.15) is 5.56 Å². The molecular weight excluding hydrogens is 188 g/mol. The first-order chi connectivity index (χ1) is 6.54. The van der Waals surface area contributed by atoms with Crippen molar-refractivity contribution in [2.45, 2.75) is 6.92 Å². The molecule has 0 heterocycles. The maximum atomic E-state index is 10.3. The van der Waals surface area contributed by atoms with Crippen LogP contribution in [-0.2, 0) is 9.59 Å². The van der Waals surface area contributed by atoms with Crippen LogP contribution in [0, 0.1) is 17.0 Å². The van der Waals surface area contributed by atoms with Crippen molar-refractivity contribution in [1.29, 1.82) is 0 Å². The summed E-state index contributed by atoms with van der Waals surface area (Å²) in [7, 11) is 0. The van der Waals surface area contributed by atoms with E-state index >= 15 is 0 Å². The number of carbonyl (C=O) groups excluding carboxylic acids is 2. The average molecular weight is 196 g/mol. The number of benzene rings is 1. The normalized spacial score (nSPS) is 8.07. The molecule has 6 nitrogen and oxygen atoms in total. The van der Waals surface area contributed by atoms with Gasteiger partial charge in [0.25, 0.3) is 5.69 Å². The number of nitro groups is 1. The van der Waals surface area contributed by atoms with Gasteiger partial charge in [0.2, 0.25) is 0 Å². The molecule has 0 amide bonds. The molecule has 0 aromatic heterocycles. The molecule has 0 aliphatic carbocycles. The quantitative estimate of drug-likeness (QED) is 0.408. The van der Waals surface area contributed by atoms with E-state index in [2.05, 4.69) is 0 Å². The molecule has 1 aromatic carbocycles. The van der Waals surface area contributed by atoms with E-state index in [0.29, 0.717) is 0 Å². The summed E-state index contributed by atoms with van der Waals surface area (Å²) in [5, 5.41) is 10.3. The fourth-order valence-corrected chi connectivity index (χ4v) is 0.824. The lowest BCUT2D eigenvalue weighted by molar-refractivity contribution is -0.383. The summed E-state index contributed by atoms with van der Waals surface area (Å²) in [6.07, 6.45) is 0.250. The highest BCUT2D eigenvalue weighted by atomic mass is 16.6. The Kier molecular flexibility index (Phi) is 4.59. The SMILES string of the molecule is Cc1cccc([N+](=O)[O-])c1N.O=C=O. The van der Waals surface area contributed by atoms with Crippen LogP contribution >= 0.6 is 0 Å². The Morgan fingerprint density at radius 3 is 2.29 bits per heavy atom. The summed E-state index contributed by atoms with van der Waals surface area (Å²) in [4.78, 5) is 26.1. The third kappa shape index (κ3) is 3.04. The lowest BCUT2D eigenvalue weighted by Crippen LogP contribution is -1.96. The Morgan fingerprint density at radius 1 is 1.43 bits per heavy atom. The van der Waals surface area contributed by atoms with Gasteiger partial charge in [-0.2, -0.15) is 9.59 Å². The molecule has 0 aliphatic rings. The Balaban J connectivity index is 0.000000500. The maximum absolute atomic E-state index is 10.3. The lowest BCUT2D eigenvalue weighted by atomic mass is 10.2. The number of hydrogen-bond acceptors (Lipinski definition) is 5. The molecule has 1 aromatic rings. The highest BCUT2D eigenvalue weighted by molar-refractivity contribution is 5.62. The fraction of sp³-hybridized carbons (Fsp3) is 0.125. The van der Waals surface area contributed by atoms with Gasteiger partial charge in [-0.15, -0.1) is 0 Å². The van der Waals surface area contributed by atoms with Crippen molar-refractivity contribution in [2.24, 2.45) is 0 Å². The highest BCUT2D eigenvalue weighted by Gasteiger charge is 2.10. The van der Waals surface area contributed by atoms with Gasteiger partial charge in [0.1, 0.15) is 5.69 Å². The molecule has 2 N–H and O–H groups in total. The van der Waals surface area contributed by atoms with Gasteiger partial charge in [0, 0.05) is 6.07 Å². The summed E-state index contributed by atoms with van der Waals surface area (Å²) in [6, 6.07) is 4.74. The first kappa shape index (κ1) is 11.8. The van der Waals surface area contributed by atoms with Crippen molar-refractivity contribution in [2.75, 3.05) is 5.73 Å². The molecular formula is C8H8N2O4. The predicted molar refractivity (Wildman–Crippen MR) is 47.3 cm³/mol. The minimum Gasteiger partial charge on any atom is -0.393 e. The maximum Gasteiger partial charge on any atom is 0.373 e. The molecule has 0 bridgehead atoms. The largest absolute Gasteiger partial charge is 0.393 e. The molecule has 0 saturated heterocycles. The number of nitro benzene ring substituents is 1. The van der Waals surface area contributed by atoms with Gasteiger partial charge < -0.3 is 5.73 Å². The van der Waals surface area contributed by atoms with Crippen molar-refractivity contribution in [3.8, 4) is 0 Å². The average Bonchev–Trinajstić information content (AvgIpc) is 2.10. The van der Waals surface area contributed by atoms with Crippen LogP contribution in [0.2, 0.25) is 0 Å². The van der Waals surface area contributed by atoms with Gasteiger partial charge in [0.15, 0.2) is 0 Å². The van der Waals surface area contributed by atoms with E-state index in [0.717, 1.165) is 5.56 Å². The molecule has 0 spiro atoms. The zero-order valence-electron chi connectivity index (χ0n) is 7.39. The van der Waals surface area contributed by atoms with E-state index in [1.165, 1.54) is 6.07 Å². The first-order valence-corrected chi connectivity index (χ1v) is 3.53. The molecule has 0 saturated carbocycles. The predicted octanol–water partition coefficient (Wildman–Crippen LogP) is 0.902. The number of hydrogen-bond donors (Lipinski definition) is 1. The van der Waals surface area contributed by atoms with Crippen LogP contribution in [-0.4, -0.2) is 11.1 Å². The van der Waals surface area contributed by atoms with Crippen molar-refractivity contribution >= 4 is 17.5 Å². The molecule has 0 aliphatic heterocycles. The van der Waals surface area contributed by atoms with Crippen molar-refractivity contribution in [3.63, 3.8) is 0 Å². The molecule has 74 valence electrons. The minimum atomic E-state index is -0.484. The Labute approximate surface area is 79.5 Å². The van der Waals surface area contributed by atoms with Crippen LogP contribution in [0.15, 0.2) is 18.2 Å². The van der Waals surface area contributed by atoms with Crippen molar-refractivity contribution in [1.82, 2.24) is 0 Å². The Morgan fingerprint density at radius 2 is 1.93 bits per heavy atom. The van der Waals surface area contributed by atoms with E-state index in [9.17, 15) is 10.1 Å². The number of para-hydroxylation sites is 1. The van der Waals surface area contributed by atoms with Gasteiger partial charge in [-0.1, -0.05) is 12.1 Å². The third-order valence-corrected chi connectivity index (χ3v) is 1.50. The highest BCUT2D eigenvalue weighted by Crippen LogP contribution is 2.23. The van der Waals surface area contributed by atoms with Gasteiger partial charge >= 0.3 is 6.15 Å². The van der Waals surface area contributed by atoms with Crippen LogP contribution in [0.25, 0.3) is 0 Å². The third-order valence-electron chi connectivity index (χ3n) is 1.50. The van der Waals surface area contributed by atoms with E-state index < -0.39 is 4.92 Å². The summed E-state index contributed by atoms with van der Waals surface area (Å²) >= 11 is 0. The standard InChI is InChI=1S/C7H8N2O2.CO2/c1-5-3-2-4-6(7(5)8)9(10)11;2-1-3/h2-4H,8H2,1H3;. The molecule has 0 unspecified atom stereocenters. The molecule has 14 heavy (non-hydrogen) atoms. The Hall–Kier alpha value is -2.20. The fourth-order valence-electron chi connectivity index (χ4n) is 0.824. The minimum absolute atomic E-state index is 0.0231. The molecule has 1 rings (SSSR count). The van der Waals surface area contributed by atoms with Crippen LogP contribution in [0.3, 0.4) is 0 Å². The molecule has 0 radical (unpaired) electrons. The second kappa shape index (κ2) is 5.45. The lowest BCUT2D eigenvalue weighted by Gasteiger charge is -1.98. The van der Waals surface area contributed by atoms with E-state index in [-0.39, 0.29) is 17.5 Å². The van der Waals surface area contributed by atoms with Crippen molar-refractivity contribution in [3.05, 3.63) is 33.9 Å². The topological polar surface area (TPSA) is 103 Å². The van der Waals surface area contributed by atoms with Crippen LogP contribution in [0.4, 0.5) is 11.4 Å². The van der Waals surface area contributed by atoms with Gasteiger partial charge in [-0.05, 0) is 12.5 Å². The molecule has 6 heteroatoms.